The zero-order valence-corrected chi connectivity index (χ0v) is 11.1. The number of carboxylic acids is 1. The zero-order valence-electron chi connectivity index (χ0n) is 9.51. The Labute approximate surface area is 112 Å². The van der Waals surface area contributed by atoms with Crippen molar-refractivity contribution in [3.05, 3.63) is 28.7 Å². The number of benzene rings is 1. The minimum absolute atomic E-state index is 0.207. The third-order valence-electron chi connectivity index (χ3n) is 2.83. The van der Waals surface area contributed by atoms with Gasteiger partial charge in [0.2, 0.25) is 0 Å². The van der Waals surface area contributed by atoms with Crippen molar-refractivity contribution in [3.8, 4) is 5.75 Å². The molecule has 6 heteroatoms. The molecule has 1 saturated heterocycles. The third kappa shape index (κ3) is 2.81. The van der Waals surface area contributed by atoms with Crippen LogP contribution in [0, 0.1) is 5.92 Å². The van der Waals surface area contributed by atoms with Crippen LogP contribution in [0.4, 0.5) is 4.79 Å². The second kappa shape index (κ2) is 5.39. The van der Waals surface area contributed by atoms with Gasteiger partial charge in [-0.25, -0.2) is 4.79 Å². The molecule has 1 aliphatic rings. The van der Waals surface area contributed by atoms with Gasteiger partial charge < -0.3 is 14.7 Å². The number of likely N-dealkylation sites (tertiary alicyclic amines) is 1. The molecule has 2 rings (SSSR count). The number of halogens is 1. The summed E-state index contributed by atoms with van der Waals surface area (Å²) in [5.41, 5.74) is 0. The van der Waals surface area contributed by atoms with E-state index in [1.165, 1.54) is 4.90 Å². The first kappa shape index (κ1) is 12.9. The van der Waals surface area contributed by atoms with Crippen molar-refractivity contribution in [1.29, 1.82) is 0 Å². The Morgan fingerprint density at radius 1 is 1.39 bits per heavy atom. The summed E-state index contributed by atoms with van der Waals surface area (Å²) in [7, 11) is 0. The lowest BCUT2D eigenvalue weighted by Gasteiger charge is -2.15. The average Bonchev–Trinajstić information content (AvgIpc) is 2.81. The second-order valence-electron chi connectivity index (χ2n) is 4.07. The fourth-order valence-electron chi connectivity index (χ4n) is 1.81. The van der Waals surface area contributed by atoms with Crippen LogP contribution >= 0.6 is 15.9 Å². The summed E-state index contributed by atoms with van der Waals surface area (Å²) in [6.45, 7) is 0.624. The van der Waals surface area contributed by atoms with Crippen molar-refractivity contribution >= 4 is 28.0 Å². The molecule has 0 saturated carbocycles. The maximum absolute atomic E-state index is 11.8. The SMILES string of the molecule is O=C(O)C1CCN(C(=O)Oc2ccccc2Br)C1. The normalized spacial score (nSPS) is 18.7. The maximum atomic E-state index is 11.8. The van der Waals surface area contributed by atoms with Crippen LogP contribution in [-0.4, -0.2) is 35.2 Å². The molecular formula is C12H12BrNO4. The molecule has 1 aromatic carbocycles. The van der Waals surface area contributed by atoms with Gasteiger partial charge in [-0.2, -0.15) is 0 Å². The lowest BCUT2D eigenvalue weighted by atomic mass is 10.1. The van der Waals surface area contributed by atoms with Gasteiger partial charge in [-0.3, -0.25) is 4.79 Å². The minimum Gasteiger partial charge on any atom is -0.481 e. The Balaban J connectivity index is 1.98. The molecule has 0 aliphatic carbocycles. The number of hydrogen-bond donors (Lipinski definition) is 1. The van der Waals surface area contributed by atoms with Crippen LogP contribution in [0.5, 0.6) is 5.75 Å². The highest BCUT2D eigenvalue weighted by Crippen LogP contribution is 2.25. The number of rotatable bonds is 2. The smallest absolute Gasteiger partial charge is 0.415 e. The summed E-state index contributed by atoms with van der Waals surface area (Å²) in [6.07, 6.45) is -0.0360. The highest BCUT2D eigenvalue weighted by Gasteiger charge is 2.32. The van der Waals surface area contributed by atoms with Gasteiger partial charge in [0.1, 0.15) is 5.75 Å². The number of carbonyl (C=O) groups is 2. The van der Waals surface area contributed by atoms with Gasteiger partial charge in [0.15, 0.2) is 0 Å². The minimum atomic E-state index is -0.869. The molecule has 0 bridgehead atoms. The number of ether oxygens (including phenoxy) is 1. The molecule has 5 nitrogen and oxygen atoms in total. The van der Waals surface area contributed by atoms with Gasteiger partial charge in [0.05, 0.1) is 10.4 Å². The number of aliphatic carboxylic acids is 1. The third-order valence-corrected chi connectivity index (χ3v) is 3.48. The molecule has 1 fully saturated rings. The quantitative estimate of drug-likeness (QED) is 0.910. The molecule has 1 heterocycles. The fourth-order valence-corrected chi connectivity index (χ4v) is 2.18. The molecule has 1 amide bonds. The fraction of sp³-hybridized carbons (Fsp3) is 0.333. The highest BCUT2D eigenvalue weighted by atomic mass is 79.9. The molecule has 1 aliphatic heterocycles. The van der Waals surface area contributed by atoms with E-state index in [4.69, 9.17) is 9.84 Å². The van der Waals surface area contributed by atoms with Gasteiger partial charge >= 0.3 is 12.1 Å². The van der Waals surface area contributed by atoms with E-state index in [9.17, 15) is 9.59 Å². The van der Waals surface area contributed by atoms with Gasteiger partial charge in [-0.15, -0.1) is 0 Å². The number of hydrogen-bond acceptors (Lipinski definition) is 3. The molecule has 96 valence electrons. The van der Waals surface area contributed by atoms with Gasteiger partial charge in [0, 0.05) is 13.1 Å². The number of nitrogens with zero attached hydrogens (tertiary/aromatic N) is 1. The van der Waals surface area contributed by atoms with Crippen molar-refractivity contribution in [2.45, 2.75) is 6.42 Å². The molecule has 1 aromatic rings. The van der Waals surface area contributed by atoms with E-state index in [0.29, 0.717) is 23.2 Å². The average molecular weight is 314 g/mol. The van der Waals surface area contributed by atoms with E-state index < -0.39 is 18.0 Å². The Morgan fingerprint density at radius 3 is 2.72 bits per heavy atom. The first-order valence-corrected chi connectivity index (χ1v) is 6.31. The molecule has 1 N–H and O–H groups in total. The molecular weight excluding hydrogens is 302 g/mol. The number of para-hydroxylation sites is 1. The van der Waals surface area contributed by atoms with Gasteiger partial charge in [0.25, 0.3) is 0 Å². The van der Waals surface area contributed by atoms with Crippen LogP contribution in [0.3, 0.4) is 0 Å². The Hall–Kier alpha value is -1.56. The van der Waals surface area contributed by atoms with Crippen LogP contribution in [0.2, 0.25) is 0 Å². The van der Waals surface area contributed by atoms with Crippen LogP contribution in [0.25, 0.3) is 0 Å². The maximum Gasteiger partial charge on any atom is 0.415 e. The molecule has 1 unspecified atom stereocenters. The summed E-state index contributed by atoms with van der Waals surface area (Å²) in [4.78, 5) is 24.0. The largest absolute Gasteiger partial charge is 0.481 e. The summed E-state index contributed by atoms with van der Waals surface area (Å²) < 4.78 is 5.89. The molecule has 0 spiro atoms. The zero-order chi connectivity index (χ0) is 13.1. The number of carboxylic acid groups (broad SMARTS) is 1. The first-order valence-electron chi connectivity index (χ1n) is 5.52. The van der Waals surface area contributed by atoms with Gasteiger partial charge in [-0.05, 0) is 34.5 Å². The highest BCUT2D eigenvalue weighted by molar-refractivity contribution is 9.10. The van der Waals surface area contributed by atoms with Crippen molar-refractivity contribution in [2.75, 3.05) is 13.1 Å². The van der Waals surface area contributed by atoms with Crippen LogP contribution < -0.4 is 4.74 Å². The number of amides is 1. The Bertz CT molecular complexity index is 477. The molecule has 0 radical (unpaired) electrons. The van der Waals surface area contributed by atoms with Crippen molar-refractivity contribution < 1.29 is 19.4 Å². The second-order valence-corrected chi connectivity index (χ2v) is 4.92. The van der Waals surface area contributed by atoms with E-state index in [2.05, 4.69) is 15.9 Å². The van der Waals surface area contributed by atoms with Crippen LogP contribution in [-0.2, 0) is 4.79 Å². The predicted molar refractivity (Wildman–Crippen MR) is 67.5 cm³/mol. The Kier molecular flexibility index (Phi) is 3.86. The summed E-state index contributed by atoms with van der Waals surface area (Å²) in [5.74, 6) is -0.927. The van der Waals surface area contributed by atoms with Gasteiger partial charge in [-0.1, -0.05) is 12.1 Å². The lowest BCUT2D eigenvalue weighted by molar-refractivity contribution is -0.141. The molecule has 18 heavy (non-hydrogen) atoms. The summed E-state index contributed by atoms with van der Waals surface area (Å²) in [5, 5.41) is 8.86. The van der Waals surface area contributed by atoms with E-state index in [1.54, 1.807) is 18.2 Å². The lowest BCUT2D eigenvalue weighted by Crippen LogP contribution is -2.32. The number of carbonyl (C=O) groups excluding carboxylic acids is 1. The molecule has 1 atom stereocenters. The van der Waals surface area contributed by atoms with Crippen LogP contribution in [0.1, 0.15) is 6.42 Å². The first-order chi connectivity index (χ1) is 8.58. The van der Waals surface area contributed by atoms with Crippen molar-refractivity contribution in [3.63, 3.8) is 0 Å². The van der Waals surface area contributed by atoms with E-state index in [1.807, 2.05) is 6.07 Å². The monoisotopic (exact) mass is 313 g/mol. The summed E-state index contributed by atoms with van der Waals surface area (Å²) in [6, 6.07) is 7.02. The van der Waals surface area contributed by atoms with E-state index in [-0.39, 0.29) is 6.54 Å². The standard InChI is InChI=1S/C12H12BrNO4/c13-9-3-1-2-4-10(9)18-12(17)14-6-5-8(7-14)11(15)16/h1-4,8H,5-7H2,(H,15,16). The Morgan fingerprint density at radius 2 is 2.11 bits per heavy atom. The van der Waals surface area contributed by atoms with Crippen LogP contribution in [0.15, 0.2) is 28.7 Å². The summed E-state index contributed by atoms with van der Waals surface area (Å²) >= 11 is 3.28. The van der Waals surface area contributed by atoms with E-state index in [0.717, 1.165) is 0 Å². The van der Waals surface area contributed by atoms with Crippen molar-refractivity contribution in [1.82, 2.24) is 4.90 Å². The topological polar surface area (TPSA) is 66.8 Å². The van der Waals surface area contributed by atoms with Crippen molar-refractivity contribution in [2.24, 2.45) is 5.92 Å². The molecule has 0 aromatic heterocycles. The van der Waals surface area contributed by atoms with E-state index >= 15 is 0 Å². The predicted octanol–water partition coefficient (Wildman–Crippen LogP) is 2.35.